The summed E-state index contributed by atoms with van der Waals surface area (Å²) in [6, 6.07) is 12.8. The normalized spacial score (nSPS) is 16.0. The maximum absolute atomic E-state index is 11.6. The molecule has 150 valence electrons. The van der Waals surface area contributed by atoms with E-state index >= 15 is 0 Å². The SMILES string of the molecule is Cc1ccc2c(c1)C(c1ccc(Cl)cc1)=N[C@@H](COS(C)(=O)=O)c1nnc(C)n1-2. The largest absolute Gasteiger partial charge is 0.281 e. The number of aromatic nitrogens is 3. The predicted octanol–water partition coefficient (Wildman–Crippen LogP) is 3.41. The Hall–Kier alpha value is -2.55. The molecule has 0 radical (unpaired) electrons. The molecular weight excluding hydrogens is 412 g/mol. The molecule has 2 heterocycles. The highest BCUT2D eigenvalue weighted by Gasteiger charge is 2.29. The van der Waals surface area contributed by atoms with Crippen LogP contribution in [0.5, 0.6) is 0 Å². The summed E-state index contributed by atoms with van der Waals surface area (Å²) >= 11 is 6.06. The van der Waals surface area contributed by atoms with Crippen LogP contribution in [0.3, 0.4) is 0 Å². The number of benzene rings is 2. The van der Waals surface area contributed by atoms with Crippen LogP contribution in [0, 0.1) is 13.8 Å². The van der Waals surface area contributed by atoms with Crippen molar-refractivity contribution < 1.29 is 12.6 Å². The van der Waals surface area contributed by atoms with Crippen molar-refractivity contribution in [1.82, 2.24) is 14.8 Å². The number of hydrogen-bond acceptors (Lipinski definition) is 6. The molecule has 0 spiro atoms. The van der Waals surface area contributed by atoms with Crippen LogP contribution >= 0.6 is 11.6 Å². The molecule has 2 aromatic carbocycles. The third-order valence-electron chi connectivity index (χ3n) is 4.64. The summed E-state index contributed by atoms with van der Waals surface area (Å²) in [4.78, 5) is 4.88. The van der Waals surface area contributed by atoms with E-state index in [2.05, 4.69) is 10.2 Å². The second-order valence-corrected chi connectivity index (χ2v) is 9.03. The third-order valence-corrected chi connectivity index (χ3v) is 5.45. The van der Waals surface area contributed by atoms with Crippen LogP contribution in [-0.4, -0.2) is 41.8 Å². The molecule has 0 amide bonds. The molecule has 1 aromatic heterocycles. The summed E-state index contributed by atoms with van der Waals surface area (Å²) in [6.07, 6.45) is 1.02. The fourth-order valence-corrected chi connectivity index (χ4v) is 3.85. The van der Waals surface area contributed by atoms with E-state index < -0.39 is 16.2 Å². The second kappa shape index (κ2) is 7.37. The van der Waals surface area contributed by atoms with Gasteiger partial charge in [0.2, 0.25) is 0 Å². The molecule has 0 fully saturated rings. The molecule has 4 rings (SSSR count). The van der Waals surface area contributed by atoms with Gasteiger partial charge >= 0.3 is 0 Å². The molecule has 29 heavy (non-hydrogen) atoms. The van der Waals surface area contributed by atoms with E-state index in [0.29, 0.717) is 22.4 Å². The van der Waals surface area contributed by atoms with Gasteiger partial charge in [-0.2, -0.15) is 8.42 Å². The molecule has 9 heteroatoms. The Morgan fingerprint density at radius 1 is 1.10 bits per heavy atom. The number of aliphatic imine (C=N–C) groups is 1. The number of halogens is 1. The lowest BCUT2D eigenvalue weighted by atomic mass is 9.98. The van der Waals surface area contributed by atoms with E-state index in [1.54, 1.807) is 12.1 Å². The van der Waals surface area contributed by atoms with Crippen molar-refractivity contribution in [2.75, 3.05) is 12.9 Å². The average Bonchev–Trinajstić information content (AvgIpc) is 2.97. The van der Waals surface area contributed by atoms with Gasteiger partial charge in [-0.1, -0.05) is 35.4 Å². The topological polar surface area (TPSA) is 86.4 Å². The Morgan fingerprint density at radius 3 is 2.52 bits per heavy atom. The fraction of sp³-hybridized carbons (Fsp3) is 0.250. The molecule has 0 bridgehead atoms. The number of rotatable bonds is 4. The van der Waals surface area contributed by atoms with Crippen LogP contribution in [0.2, 0.25) is 5.02 Å². The summed E-state index contributed by atoms with van der Waals surface area (Å²) < 4.78 is 30.2. The first-order chi connectivity index (χ1) is 13.7. The Bertz CT molecular complexity index is 1220. The highest BCUT2D eigenvalue weighted by molar-refractivity contribution is 7.85. The summed E-state index contributed by atoms with van der Waals surface area (Å²) in [5.74, 6) is 1.21. The first-order valence-electron chi connectivity index (χ1n) is 8.94. The molecule has 1 atom stereocenters. The van der Waals surface area contributed by atoms with Gasteiger partial charge in [0.25, 0.3) is 10.1 Å². The van der Waals surface area contributed by atoms with Crippen molar-refractivity contribution in [3.05, 3.63) is 75.8 Å². The van der Waals surface area contributed by atoms with Crippen LogP contribution < -0.4 is 0 Å². The summed E-state index contributed by atoms with van der Waals surface area (Å²) in [5, 5.41) is 9.08. The summed E-state index contributed by atoms with van der Waals surface area (Å²) in [6.45, 7) is 3.69. The molecule has 0 saturated heterocycles. The first-order valence-corrected chi connectivity index (χ1v) is 11.1. The van der Waals surface area contributed by atoms with E-state index in [1.165, 1.54) is 0 Å². The van der Waals surface area contributed by atoms with Gasteiger partial charge in [0.1, 0.15) is 11.9 Å². The summed E-state index contributed by atoms with van der Waals surface area (Å²) in [5.41, 5.74) is 4.43. The molecule has 0 N–H and O–H groups in total. The molecule has 1 aliphatic heterocycles. The Kier molecular flexibility index (Phi) is 5.02. The highest BCUT2D eigenvalue weighted by atomic mass is 35.5. The Labute approximate surface area is 174 Å². The van der Waals surface area contributed by atoms with E-state index in [0.717, 1.165) is 28.6 Å². The first kappa shape index (κ1) is 19.8. The van der Waals surface area contributed by atoms with Gasteiger partial charge in [0.05, 0.1) is 24.3 Å². The van der Waals surface area contributed by atoms with Gasteiger partial charge in [0, 0.05) is 16.1 Å². The number of fused-ring (bicyclic) bond motifs is 3. The van der Waals surface area contributed by atoms with Crippen LogP contribution in [0.1, 0.15) is 34.4 Å². The maximum atomic E-state index is 11.6. The van der Waals surface area contributed by atoms with E-state index in [9.17, 15) is 8.42 Å². The van der Waals surface area contributed by atoms with Gasteiger partial charge in [-0.15, -0.1) is 10.2 Å². The van der Waals surface area contributed by atoms with E-state index in [4.69, 9.17) is 20.8 Å². The molecule has 0 saturated carbocycles. The zero-order valence-electron chi connectivity index (χ0n) is 16.1. The Morgan fingerprint density at radius 2 is 1.83 bits per heavy atom. The maximum Gasteiger partial charge on any atom is 0.264 e. The molecule has 1 aliphatic rings. The number of nitrogens with zero attached hydrogens (tertiary/aromatic N) is 4. The summed E-state index contributed by atoms with van der Waals surface area (Å²) in [7, 11) is -3.64. The fourth-order valence-electron chi connectivity index (χ4n) is 3.35. The minimum atomic E-state index is -3.64. The lowest BCUT2D eigenvalue weighted by Crippen LogP contribution is -2.15. The van der Waals surface area contributed by atoms with Crippen molar-refractivity contribution in [2.45, 2.75) is 19.9 Å². The van der Waals surface area contributed by atoms with Crippen molar-refractivity contribution in [3.8, 4) is 5.69 Å². The van der Waals surface area contributed by atoms with Crippen molar-refractivity contribution in [1.29, 1.82) is 0 Å². The van der Waals surface area contributed by atoms with Gasteiger partial charge in [0.15, 0.2) is 5.82 Å². The molecule has 3 aromatic rings. The number of aryl methyl sites for hydroxylation is 2. The molecule has 0 unspecified atom stereocenters. The van der Waals surface area contributed by atoms with Gasteiger partial charge in [-0.05, 0) is 38.1 Å². The monoisotopic (exact) mass is 430 g/mol. The molecular formula is C20H19ClN4O3S. The Balaban J connectivity index is 1.96. The van der Waals surface area contributed by atoms with Gasteiger partial charge in [-0.3, -0.25) is 13.7 Å². The lowest BCUT2D eigenvalue weighted by Gasteiger charge is -2.13. The van der Waals surface area contributed by atoms with E-state index in [1.807, 2.05) is 48.7 Å². The van der Waals surface area contributed by atoms with Crippen molar-refractivity contribution in [3.63, 3.8) is 0 Å². The van der Waals surface area contributed by atoms with Crippen molar-refractivity contribution in [2.24, 2.45) is 4.99 Å². The van der Waals surface area contributed by atoms with E-state index in [-0.39, 0.29) is 6.61 Å². The minimum absolute atomic E-state index is 0.166. The smallest absolute Gasteiger partial charge is 0.264 e. The highest BCUT2D eigenvalue weighted by Crippen LogP contribution is 2.32. The zero-order chi connectivity index (χ0) is 20.8. The third kappa shape index (κ3) is 3.96. The minimum Gasteiger partial charge on any atom is -0.281 e. The zero-order valence-corrected chi connectivity index (χ0v) is 17.7. The van der Waals surface area contributed by atoms with Crippen molar-refractivity contribution >= 4 is 27.4 Å². The standard InChI is InChI=1S/C20H19ClN4O3S/c1-12-4-9-18-16(10-12)19(14-5-7-15(21)8-6-14)22-17(11-28-29(3,26)27)20-24-23-13(2)25(18)20/h4-10,17H,11H2,1-3H3/t17-/m0/s1. The van der Waals surface area contributed by atoms with Crippen LogP contribution in [0.4, 0.5) is 0 Å². The molecule has 0 aliphatic carbocycles. The van der Waals surface area contributed by atoms with Crippen LogP contribution in [0.25, 0.3) is 5.69 Å². The average molecular weight is 431 g/mol. The van der Waals surface area contributed by atoms with Gasteiger partial charge < -0.3 is 0 Å². The van der Waals surface area contributed by atoms with Gasteiger partial charge in [-0.25, -0.2) is 0 Å². The lowest BCUT2D eigenvalue weighted by molar-refractivity contribution is 0.292. The number of hydrogen-bond donors (Lipinski definition) is 0. The second-order valence-electron chi connectivity index (χ2n) is 6.95. The van der Waals surface area contributed by atoms with Crippen LogP contribution in [0.15, 0.2) is 47.5 Å². The predicted molar refractivity (Wildman–Crippen MR) is 111 cm³/mol. The van der Waals surface area contributed by atoms with Crippen LogP contribution in [-0.2, 0) is 14.3 Å². The quantitative estimate of drug-likeness (QED) is 0.592. The molecule has 7 nitrogen and oxygen atoms in total.